The average molecular weight is 294 g/mol. The highest BCUT2D eigenvalue weighted by molar-refractivity contribution is 5.56. The Morgan fingerprint density at radius 3 is 2.29 bits per heavy atom. The second-order valence-electron chi connectivity index (χ2n) is 4.35. The summed E-state index contributed by atoms with van der Waals surface area (Å²) in [6.07, 6.45) is -4.56. The van der Waals surface area contributed by atoms with Crippen LogP contribution in [-0.2, 0) is 12.7 Å². The predicted octanol–water partition coefficient (Wildman–Crippen LogP) is 4.33. The molecule has 0 bridgehead atoms. The molecule has 0 aliphatic rings. The van der Waals surface area contributed by atoms with Crippen LogP contribution in [0.25, 0.3) is 0 Å². The topological polar surface area (TPSA) is 35.8 Å². The summed E-state index contributed by atoms with van der Waals surface area (Å²) in [5.41, 5.74) is -0.432. The quantitative estimate of drug-likeness (QED) is 0.855. The SMILES string of the molecule is N#Cc1ccc(NCc2ccc(F)cc2)c(C(F)(F)F)c1. The third-order valence-electron chi connectivity index (χ3n) is 2.85. The van der Waals surface area contributed by atoms with Gasteiger partial charge in [-0.15, -0.1) is 0 Å². The highest BCUT2D eigenvalue weighted by atomic mass is 19.4. The molecule has 0 aliphatic heterocycles. The van der Waals surface area contributed by atoms with Crippen LogP contribution in [0.3, 0.4) is 0 Å². The maximum absolute atomic E-state index is 12.9. The maximum Gasteiger partial charge on any atom is 0.418 e. The molecule has 0 aromatic heterocycles. The Kier molecular flexibility index (Phi) is 4.13. The van der Waals surface area contributed by atoms with E-state index in [-0.39, 0.29) is 17.8 Å². The van der Waals surface area contributed by atoms with E-state index in [0.717, 1.165) is 6.07 Å². The van der Waals surface area contributed by atoms with Crippen molar-refractivity contribution in [2.45, 2.75) is 12.7 Å². The Labute approximate surface area is 118 Å². The van der Waals surface area contributed by atoms with Crippen molar-refractivity contribution in [3.05, 3.63) is 65.0 Å². The molecule has 2 aromatic carbocycles. The number of anilines is 1. The van der Waals surface area contributed by atoms with Crippen LogP contribution in [0, 0.1) is 17.1 Å². The number of alkyl halides is 3. The fraction of sp³-hybridized carbons (Fsp3) is 0.133. The van der Waals surface area contributed by atoms with Gasteiger partial charge in [0.2, 0.25) is 0 Å². The minimum Gasteiger partial charge on any atom is -0.380 e. The van der Waals surface area contributed by atoms with E-state index >= 15 is 0 Å². The molecule has 1 N–H and O–H groups in total. The summed E-state index contributed by atoms with van der Waals surface area (Å²) in [5.74, 6) is -0.409. The van der Waals surface area contributed by atoms with Crippen molar-refractivity contribution in [1.82, 2.24) is 0 Å². The molecular formula is C15H10F4N2. The molecule has 0 heterocycles. The molecule has 2 aromatic rings. The fourth-order valence-corrected chi connectivity index (χ4v) is 1.80. The van der Waals surface area contributed by atoms with Crippen LogP contribution in [0.2, 0.25) is 0 Å². The smallest absolute Gasteiger partial charge is 0.380 e. The van der Waals surface area contributed by atoms with Crippen molar-refractivity contribution in [2.24, 2.45) is 0 Å². The van der Waals surface area contributed by atoms with Crippen molar-refractivity contribution in [1.29, 1.82) is 5.26 Å². The van der Waals surface area contributed by atoms with Crippen LogP contribution in [0.4, 0.5) is 23.2 Å². The van der Waals surface area contributed by atoms with E-state index in [0.29, 0.717) is 5.56 Å². The van der Waals surface area contributed by atoms with Crippen molar-refractivity contribution in [3.63, 3.8) is 0 Å². The Morgan fingerprint density at radius 2 is 1.71 bits per heavy atom. The minimum atomic E-state index is -4.56. The van der Waals surface area contributed by atoms with Crippen LogP contribution < -0.4 is 5.32 Å². The van der Waals surface area contributed by atoms with Gasteiger partial charge in [0, 0.05) is 12.2 Å². The molecule has 0 spiro atoms. The predicted molar refractivity (Wildman–Crippen MR) is 69.9 cm³/mol. The van der Waals surface area contributed by atoms with Crippen LogP contribution in [0.15, 0.2) is 42.5 Å². The van der Waals surface area contributed by atoms with E-state index < -0.39 is 17.6 Å². The van der Waals surface area contributed by atoms with Gasteiger partial charge in [0.1, 0.15) is 5.82 Å². The number of nitriles is 1. The van der Waals surface area contributed by atoms with E-state index in [9.17, 15) is 17.6 Å². The maximum atomic E-state index is 12.9. The number of nitrogens with zero attached hydrogens (tertiary/aromatic N) is 1. The van der Waals surface area contributed by atoms with Crippen molar-refractivity contribution in [3.8, 4) is 6.07 Å². The van der Waals surface area contributed by atoms with Gasteiger partial charge in [-0.05, 0) is 35.9 Å². The van der Waals surface area contributed by atoms with Crippen molar-refractivity contribution >= 4 is 5.69 Å². The lowest BCUT2D eigenvalue weighted by Gasteiger charge is -2.15. The summed E-state index contributed by atoms with van der Waals surface area (Å²) in [5, 5.41) is 11.3. The van der Waals surface area contributed by atoms with Gasteiger partial charge in [0.05, 0.1) is 17.2 Å². The van der Waals surface area contributed by atoms with Crippen molar-refractivity contribution in [2.75, 3.05) is 5.32 Å². The Hall–Kier alpha value is -2.55. The summed E-state index contributed by atoms with van der Waals surface area (Å²) < 4.78 is 51.6. The molecule has 21 heavy (non-hydrogen) atoms. The van der Waals surface area contributed by atoms with Gasteiger partial charge in [-0.1, -0.05) is 12.1 Å². The molecule has 0 unspecified atom stereocenters. The molecule has 0 atom stereocenters. The van der Waals surface area contributed by atoms with Crippen LogP contribution >= 0.6 is 0 Å². The monoisotopic (exact) mass is 294 g/mol. The molecule has 2 rings (SSSR count). The standard InChI is InChI=1S/C15H10F4N2/c16-12-4-1-10(2-5-12)9-21-14-6-3-11(8-20)7-13(14)15(17,18)19/h1-7,21H,9H2. The summed E-state index contributed by atoms with van der Waals surface area (Å²) in [7, 11) is 0. The van der Waals surface area contributed by atoms with Gasteiger partial charge in [-0.3, -0.25) is 0 Å². The zero-order chi connectivity index (χ0) is 15.5. The first-order chi connectivity index (χ1) is 9.90. The van der Waals surface area contributed by atoms with Gasteiger partial charge in [0.15, 0.2) is 0 Å². The van der Waals surface area contributed by atoms with Gasteiger partial charge in [-0.2, -0.15) is 18.4 Å². The second kappa shape index (κ2) is 5.83. The Bertz CT molecular complexity index is 670. The number of hydrogen-bond acceptors (Lipinski definition) is 2. The average Bonchev–Trinajstić information content (AvgIpc) is 2.45. The molecule has 0 fully saturated rings. The largest absolute Gasteiger partial charge is 0.418 e. The number of rotatable bonds is 3. The van der Waals surface area contributed by atoms with Crippen LogP contribution in [0.1, 0.15) is 16.7 Å². The number of hydrogen-bond donors (Lipinski definition) is 1. The first kappa shape index (κ1) is 14.9. The first-order valence-corrected chi connectivity index (χ1v) is 6.00. The van der Waals surface area contributed by atoms with Gasteiger partial charge in [0.25, 0.3) is 0 Å². The zero-order valence-corrected chi connectivity index (χ0v) is 10.7. The zero-order valence-electron chi connectivity index (χ0n) is 10.7. The van der Waals surface area contributed by atoms with Gasteiger partial charge >= 0.3 is 6.18 Å². The summed E-state index contributed by atoms with van der Waals surface area (Å²) >= 11 is 0. The molecule has 0 saturated carbocycles. The molecule has 0 aliphatic carbocycles. The van der Waals surface area contributed by atoms with E-state index in [1.165, 1.54) is 36.4 Å². The molecule has 0 saturated heterocycles. The summed E-state index contributed by atoms with van der Waals surface area (Å²) in [6.45, 7) is 0.120. The second-order valence-corrected chi connectivity index (χ2v) is 4.35. The number of benzene rings is 2. The minimum absolute atomic E-state index is 0.0605. The fourth-order valence-electron chi connectivity index (χ4n) is 1.80. The summed E-state index contributed by atoms with van der Waals surface area (Å²) in [4.78, 5) is 0. The van der Waals surface area contributed by atoms with Crippen LogP contribution in [-0.4, -0.2) is 0 Å². The number of nitrogens with one attached hydrogen (secondary N) is 1. The lowest BCUT2D eigenvalue weighted by molar-refractivity contribution is -0.137. The number of halogens is 4. The van der Waals surface area contributed by atoms with Crippen molar-refractivity contribution < 1.29 is 17.6 Å². The molecule has 0 radical (unpaired) electrons. The first-order valence-electron chi connectivity index (χ1n) is 6.00. The third-order valence-corrected chi connectivity index (χ3v) is 2.85. The lowest BCUT2D eigenvalue weighted by atomic mass is 10.1. The molecular weight excluding hydrogens is 284 g/mol. The van der Waals surface area contributed by atoms with Crippen LogP contribution in [0.5, 0.6) is 0 Å². The van der Waals surface area contributed by atoms with E-state index in [2.05, 4.69) is 5.32 Å². The molecule has 2 nitrogen and oxygen atoms in total. The van der Waals surface area contributed by atoms with E-state index in [4.69, 9.17) is 5.26 Å². The molecule has 0 amide bonds. The highest BCUT2D eigenvalue weighted by Crippen LogP contribution is 2.35. The highest BCUT2D eigenvalue weighted by Gasteiger charge is 2.33. The molecule has 108 valence electrons. The lowest BCUT2D eigenvalue weighted by Crippen LogP contribution is -2.11. The third kappa shape index (κ3) is 3.72. The van der Waals surface area contributed by atoms with Gasteiger partial charge < -0.3 is 5.32 Å². The Balaban J connectivity index is 2.23. The molecule has 6 heteroatoms. The van der Waals surface area contributed by atoms with Gasteiger partial charge in [-0.25, -0.2) is 4.39 Å². The summed E-state index contributed by atoms with van der Waals surface area (Å²) in [6, 6.07) is 10.4. The normalized spacial score (nSPS) is 11.0. The van der Waals surface area contributed by atoms with E-state index in [1.807, 2.05) is 0 Å². The van der Waals surface area contributed by atoms with E-state index in [1.54, 1.807) is 6.07 Å². The Morgan fingerprint density at radius 1 is 1.05 bits per heavy atom.